The second-order valence-corrected chi connectivity index (χ2v) is 5.53. The van der Waals surface area contributed by atoms with Crippen LogP contribution in [0, 0.1) is 5.92 Å². The molecule has 104 valence electrons. The number of nitrogens with zero attached hydrogens (tertiary/aromatic N) is 1. The van der Waals surface area contributed by atoms with E-state index in [0.717, 1.165) is 0 Å². The molecule has 0 aromatic carbocycles. The van der Waals surface area contributed by atoms with E-state index in [1.807, 2.05) is 0 Å². The fourth-order valence-corrected chi connectivity index (χ4v) is 1.87. The van der Waals surface area contributed by atoms with Crippen LogP contribution in [-0.4, -0.2) is 41.9 Å². The summed E-state index contributed by atoms with van der Waals surface area (Å²) in [4.78, 5) is 23.4. The molecular formula is C12H19F2NO3. The van der Waals surface area contributed by atoms with Gasteiger partial charge in [-0.3, -0.25) is 4.79 Å². The standard InChI is InChI=1S/C12H19F2NO3/c1-11(2,3)18-10(17)15-6-4-9(5-7-15)12(13,14)8-16/h8-9H,4-7H2,1-3H3. The number of hydrogen-bond acceptors (Lipinski definition) is 3. The molecule has 0 N–H and O–H groups in total. The van der Waals surface area contributed by atoms with Crippen LogP contribution in [-0.2, 0) is 9.53 Å². The minimum absolute atomic E-state index is 0.116. The van der Waals surface area contributed by atoms with Crippen molar-refractivity contribution in [1.29, 1.82) is 0 Å². The third-order valence-corrected chi connectivity index (χ3v) is 2.85. The molecule has 18 heavy (non-hydrogen) atoms. The number of aldehydes is 1. The van der Waals surface area contributed by atoms with Crippen LogP contribution in [0.2, 0.25) is 0 Å². The lowest BCUT2D eigenvalue weighted by Crippen LogP contribution is -2.45. The quantitative estimate of drug-likeness (QED) is 0.719. The predicted molar refractivity (Wildman–Crippen MR) is 61.5 cm³/mol. The highest BCUT2D eigenvalue weighted by Gasteiger charge is 2.41. The van der Waals surface area contributed by atoms with Gasteiger partial charge in [-0.25, -0.2) is 4.79 Å². The lowest BCUT2D eigenvalue weighted by atomic mass is 9.91. The van der Waals surface area contributed by atoms with Crippen molar-refractivity contribution in [2.45, 2.75) is 45.1 Å². The number of likely N-dealkylation sites (tertiary alicyclic amines) is 1. The SMILES string of the molecule is CC(C)(C)OC(=O)N1CCC(C(F)(F)C=O)CC1. The molecule has 1 heterocycles. The molecule has 1 saturated heterocycles. The summed E-state index contributed by atoms with van der Waals surface area (Å²) in [6, 6.07) is 0. The maximum atomic E-state index is 13.1. The van der Waals surface area contributed by atoms with Gasteiger partial charge in [0.05, 0.1) is 0 Å². The van der Waals surface area contributed by atoms with Crippen molar-refractivity contribution in [2.24, 2.45) is 5.92 Å². The fourth-order valence-electron chi connectivity index (χ4n) is 1.87. The van der Waals surface area contributed by atoms with Gasteiger partial charge in [0, 0.05) is 19.0 Å². The van der Waals surface area contributed by atoms with Crippen molar-refractivity contribution in [2.75, 3.05) is 13.1 Å². The Hall–Kier alpha value is -1.20. The van der Waals surface area contributed by atoms with Gasteiger partial charge in [0.1, 0.15) is 5.60 Å². The van der Waals surface area contributed by atoms with Gasteiger partial charge in [-0.2, -0.15) is 8.78 Å². The summed E-state index contributed by atoms with van der Waals surface area (Å²) >= 11 is 0. The first-order chi connectivity index (χ1) is 8.15. The monoisotopic (exact) mass is 263 g/mol. The summed E-state index contributed by atoms with van der Waals surface area (Å²) in [5.74, 6) is -4.27. The molecule has 1 aliphatic heterocycles. The van der Waals surface area contributed by atoms with Crippen LogP contribution < -0.4 is 0 Å². The van der Waals surface area contributed by atoms with Crippen LogP contribution in [0.4, 0.5) is 13.6 Å². The Labute approximate surface area is 105 Å². The molecule has 1 amide bonds. The van der Waals surface area contributed by atoms with E-state index in [4.69, 9.17) is 4.74 Å². The van der Waals surface area contributed by atoms with Gasteiger partial charge in [0.25, 0.3) is 0 Å². The minimum Gasteiger partial charge on any atom is -0.444 e. The number of alkyl halides is 2. The lowest BCUT2D eigenvalue weighted by Gasteiger charge is -2.34. The Balaban J connectivity index is 2.49. The molecule has 4 nitrogen and oxygen atoms in total. The molecule has 1 aliphatic rings. The predicted octanol–water partition coefficient (Wildman–Crippen LogP) is 2.47. The van der Waals surface area contributed by atoms with Crippen molar-refractivity contribution in [3.05, 3.63) is 0 Å². The van der Waals surface area contributed by atoms with E-state index in [1.54, 1.807) is 20.8 Å². The minimum atomic E-state index is -3.29. The lowest BCUT2D eigenvalue weighted by molar-refractivity contribution is -0.140. The first kappa shape index (κ1) is 14.9. The molecule has 0 unspecified atom stereocenters. The zero-order chi connectivity index (χ0) is 14.0. The molecule has 1 fully saturated rings. The second-order valence-electron chi connectivity index (χ2n) is 5.53. The van der Waals surface area contributed by atoms with E-state index >= 15 is 0 Å². The summed E-state index contributed by atoms with van der Waals surface area (Å²) < 4.78 is 31.4. The molecule has 1 rings (SSSR count). The average molecular weight is 263 g/mol. The Morgan fingerprint density at radius 3 is 2.17 bits per heavy atom. The molecule has 0 saturated carbocycles. The Kier molecular flexibility index (Phi) is 4.29. The summed E-state index contributed by atoms with van der Waals surface area (Å²) in [5.41, 5.74) is -0.597. The number of rotatable bonds is 2. The molecule has 0 atom stereocenters. The van der Waals surface area contributed by atoms with E-state index in [9.17, 15) is 18.4 Å². The average Bonchev–Trinajstić information content (AvgIpc) is 2.27. The maximum Gasteiger partial charge on any atom is 0.410 e. The van der Waals surface area contributed by atoms with Gasteiger partial charge in [-0.15, -0.1) is 0 Å². The van der Waals surface area contributed by atoms with Crippen LogP contribution in [0.5, 0.6) is 0 Å². The van der Waals surface area contributed by atoms with Gasteiger partial charge >= 0.3 is 12.0 Å². The van der Waals surface area contributed by atoms with E-state index in [2.05, 4.69) is 0 Å². The van der Waals surface area contributed by atoms with E-state index in [0.29, 0.717) is 0 Å². The molecule has 0 spiro atoms. The number of piperidine rings is 1. The van der Waals surface area contributed by atoms with Crippen LogP contribution in [0.25, 0.3) is 0 Å². The van der Waals surface area contributed by atoms with E-state index < -0.39 is 23.5 Å². The third kappa shape index (κ3) is 3.92. The molecule has 0 radical (unpaired) electrons. The van der Waals surface area contributed by atoms with Crippen molar-refractivity contribution in [1.82, 2.24) is 4.90 Å². The Morgan fingerprint density at radius 2 is 1.78 bits per heavy atom. The number of amides is 1. The van der Waals surface area contributed by atoms with Crippen LogP contribution in [0.15, 0.2) is 0 Å². The molecule has 6 heteroatoms. The highest BCUT2D eigenvalue weighted by atomic mass is 19.3. The van der Waals surface area contributed by atoms with Crippen LogP contribution in [0.3, 0.4) is 0 Å². The molecular weight excluding hydrogens is 244 g/mol. The van der Waals surface area contributed by atoms with Gasteiger partial charge in [0.2, 0.25) is 0 Å². The second kappa shape index (κ2) is 5.20. The largest absolute Gasteiger partial charge is 0.444 e. The molecule has 0 aliphatic carbocycles. The van der Waals surface area contributed by atoms with Gasteiger partial charge in [-0.1, -0.05) is 0 Å². The molecule has 0 bridgehead atoms. The number of carbonyl (C=O) groups is 2. The summed E-state index contributed by atoms with van der Waals surface area (Å²) in [6.45, 7) is 5.64. The first-order valence-electron chi connectivity index (χ1n) is 5.98. The number of ether oxygens (including phenoxy) is 1. The van der Waals surface area contributed by atoms with Crippen molar-refractivity contribution < 1.29 is 23.1 Å². The smallest absolute Gasteiger partial charge is 0.410 e. The zero-order valence-electron chi connectivity index (χ0n) is 10.9. The molecule has 0 aromatic rings. The van der Waals surface area contributed by atoms with Crippen molar-refractivity contribution in [3.8, 4) is 0 Å². The summed E-state index contributed by atoms with van der Waals surface area (Å²) in [6.07, 6.45) is -0.563. The van der Waals surface area contributed by atoms with Crippen LogP contribution in [0.1, 0.15) is 33.6 Å². The maximum absolute atomic E-state index is 13.1. The Bertz CT molecular complexity index is 318. The highest BCUT2D eigenvalue weighted by molar-refractivity contribution is 5.68. The van der Waals surface area contributed by atoms with Crippen LogP contribution >= 0.6 is 0 Å². The zero-order valence-corrected chi connectivity index (χ0v) is 10.9. The molecule has 0 aromatic heterocycles. The third-order valence-electron chi connectivity index (χ3n) is 2.85. The van der Waals surface area contributed by atoms with E-state index in [-0.39, 0.29) is 32.2 Å². The number of hydrogen-bond donors (Lipinski definition) is 0. The number of halogens is 2. The highest BCUT2D eigenvalue weighted by Crippen LogP contribution is 2.31. The van der Waals surface area contributed by atoms with Gasteiger partial charge in [-0.05, 0) is 33.6 Å². The number of carbonyl (C=O) groups excluding carboxylic acids is 2. The Morgan fingerprint density at radius 1 is 1.28 bits per heavy atom. The summed E-state index contributed by atoms with van der Waals surface area (Å²) in [5, 5.41) is 0. The first-order valence-corrected chi connectivity index (χ1v) is 5.98. The van der Waals surface area contributed by atoms with E-state index in [1.165, 1.54) is 4.90 Å². The normalized spacial score (nSPS) is 18.6. The summed E-state index contributed by atoms with van der Waals surface area (Å²) in [7, 11) is 0. The van der Waals surface area contributed by atoms with Gasteiger partial charge in [0.15, 0.2) is 6.29 Å². The van der Waals surface area contributed by atoms with Gasteiger partial charge < -0.3 is 9.64 Å². The fraction of sp³-hybridized carbons (Fsp3) is 0.833. The van der Waals surface area contributed by atoms with Crippen molar-refractivity contribution >= 4 is 12.4 Å². The topological polar surface area (TPSA) is 46.6 Å². The van der Waals surface area contributed by atoms with Crippen molar-refractivity contribution in [3.63, 3.8) is 0 Å².